The number of nitrogens with one attached hydrogen (secondary N) is 1. The van der Waals surface area contributed by atoms with Crippen molar-refractivity contribution in [3.63, 3.8) is 0 Å². The molecule has 0 bridgehead atoms. The van der Waals surface area contributed by atoms with Crippen molar-refractivity contribution in [3.8, 4) is 0 Å². The third kappa shape index (κ3) is 51.3. The number of unbranched alkanes of at least 4 members (excludes halogenated alkanes) is 22. The van der Waals surface area contributed by atoms with Crippen LogP contribution >= 0.6 is 7.82 Å². The van der Waals surface area contributed by atoms with Gasteiger partial charge in [-0.3, -0.25) is 13.8 Å². The Morgan fingerprint density at radius 2 is 0.897 bits per heavy atom. The van der Waals surface area contributed by atoms with E-state index in [9.17, 15) is 19.4 Å². The average Bonchev–Trinajstić information content (AvgIpc) is 3.30. The number of rotatable bonds is 49. The van der Waals surface area contributed by atoms with Crippen molar-refractivity contribution in [1.29, 1.82) is 0 Å². The number of hydrogen-bond acceptors (Lipinski definition) is 5. The Morgan fingerprint density at radius 1 is 0.515 bits per heavy atom. The Bertz CT molecular complexity index is 1420. The Balaban J connectivity index is 4.38. The lowest BCUT2D eigenvalue weighted by Crippen LogP contribution is -2.45. The van der Waals surface area contributed by atoms with Gasteiger partial charge in [-0.25, -0.2) is 4.57 Å². The van der Waals surface area contributed by atoms with Gasteiger partial charge in [0.2, 0.25) is 5.91 Å². The Morgan fingerprint density at radius 3 is 1.35 bits per heavy atom. The summed E-state index contributed by atoms with van der Waals surface area (Å²) in [7, 11) is 1.51. The molecule has 68 heavy (non-hydrogen) atoms. The predicted molar refractivity (Wildman–Crippen MR) is 295 cm³/mol. The minimum Gasteiger partial charge on any atom is -0.387 e. The number of hydrogen-bond donors (Lipinski definition) is 3. The number of quaternary nitrogens is 1. The molecule has 1 amide bonds. The molecule has 3 unspecified atom stereocenters. The highest BCUT2D eigenvalue weighted by atomic mass is 31.2. The molecule has 0 saturated heterocycles. The fourth-order valence-electron chi connectivity index (χ4n) is 7.45. The second-order valence-electron chi connectivity index (χ2n) is 19.6. The van der Waals surface area contributed by atoms with E-state index in [4.69, 9.17) is 9.05 Å². The second-order valence-corrected chi connectivity index (χ2v) is 21.0. The topological polar surface area (TPSA) is 105 Å². The first-order valence-corrected chi connectivity index (χ1v) is 29.1. The van der Waals surface area contributed by atoms with E-state index < -0.39 is 20.0 Å². The maximum absolute atomic E-state index is 12.9. The third-order valence-corrected chi connectivity index (χ3v) is 12.7. The molecular formula is C59H106N2O6P+. The SMILES string of the molecule is CC/C=C\C/C=C\C/C=C\C/C=C\C/C=C\CCCCCC(=O)NC(COP(=O)(O)OCC[N+](C)(C)C)C(O)/C=C/CC/C=C/CC/C=C/CCCCCCCCCCCCCCCCCCC. The van der Waals surface area contributed by atoms with Crippen LogP contribution in [0.5, 0.6) is 0 Å². The van der Waals surface area contributed by atoms with Crippen molar-refractivity contribution < 1.29 is 32.9 Å². The van der Waals surface area contributed by atoms with Gasteiger partial charge in [0, 0.05) is 6.42 Å². The summed E-state index contributed by atoms with van der Waals surface area (Å²) in [4.78, 5) is 23.2. The summed E-state index contributed by atoms with van der Waals surface area (Å²) in [5, 5.41) is 13.9. The van der Waals surface area contributed by atoms with E-state index >= 15 is 0 Å². The minimum atomic E-state index is -4.37. The van der Waals surface area contributed by atoms with E-state index in [2.05, 4.69) is 104 Å². The second kappa shape index (κ2) is 49.4. The first-order chi connectivity index (χ1) is 33.0. The van der Waals surface area contributed by atoms with Crippen molar-refractivity contribution in [2.45, 2.75) is 231 Å². The van der Waals surface area contributed by atoms with Crippen LogP contribution < -0.4 is 5.32 Å². The molecular weight excluding hydrogens is 864 g/mol. The summed E-state index contributed by atoms with van der Waals surface area (Å²) < 4.78 is 23.6. The van der Waals surface area contributed by atoms with E-state index in [-0.39, 0.29) is 19.1 Å². The van der Waals surface area contributed by atoms with E-state index in [1.807, 2.05) is 27.2 Å². The molecule has 392 valence electrons. The van der Waals surface area contributed by atoms with Gasteiger partial charge in [-0.2, -0.15) is 0 Å². The van der Waals surface area contributed by atoms with Gasteiger partial charge >= 0.3 is 7.82 Å². The van der Waals surface area contributed by atoms with Gasteiger partial charge in [0.25, 0.3) is 0 Å². The molecule has 0 aromatic heterocycles. The molecule has 0 aromatic carbocycles. The molecule has 0 radical (unpaired) electrons. The van der Waals surface area contributed by atoms with Crippen LogP contribution in [0.2, 0.25) is 0 Å². The summed E-state index contributed by atoms with van der Waals surface area (Å²) in [6, 6.07) is -0.895. The fraction of sp³-hybridized carbons (Fsp3) is 0.712. The molecule has 8 nitrogen and oxygen atoms in total. The van der Waals surface area contributed by atoms with E-state index in [1.165, 1.54) is 116 Å². The van der Waals surface area contributed by atoms with Gasteiger partial charge in [0.05, 0.1) is 39.9 Å². The van der Waals surface area contributed by atoms with Crippen LogP contribution in [-0.2, 0) is 18.4 Å². The maximum atomic E-state index is 12.9. The quantitative estimate of drug-likeness (QED) is 0.0243. The Hall–Kier alpha value is -2.58. The van der Waals surface area contributed by atoms with E-state index in [0.717, 1.165) is 77.0 Å². The number of allylic oxidation sites excluding steroid dienone is 15. The highest BCUT2D eigenvalue weighted by Crippen LogP contribution is 2.43. The summed E-state index contributed by atoms with van der Waals surface area (Å²) >= 11 is 0. The average molecular weight is 970 g/mol. The molecule has 0 fully saturated rings. The van der Waals surface area contributed by atoms with E-state index in [1.54, 1.807) is 6.08 Å². The number of aliphatic hydroxyl groups excluding tert-OH is 1. The standard InChI is InChI=1S/C59H105N2O6P/c1-6-8-10-12-14-16-18-20-22-24-26-27-28-29-30-31-32-33-35-36-38-40-42-44-46-48-50-52-58(62)57(56-67-68(64,65)66-55-54-61(3,4)5)60-59(63)53-51-49-47-45-43-41-39-37-34-25-23-21-19-17-15-13-11-9-7-2/h9,11,15,17,21,23,34-37,41-44,50,52,57-58,62H,6-8,10,12-14,16,18-20,22,24-33,38-40,45-49,51,53-56H2,1-5H3,(H-,60,63,64,65)/p+1/b11-9-,17-15-,23-21-,36-35+,37-34-,43-41-,44-42+,52-50+. The van der Waals surface area contributed by atoms with Gasteiger partial charge in [-0.15, -0.1) is 0 Å². The number of amides is 1. The zero-order chi connectivity index (χ0) is 49.9. The van der Waals surface area contributed by atoms with Crippen molar-refractivity contribution in [1.82, 2.24) is 5.32 Å². The smallest absolute Gasteiger partial charge is 0.387 e. The van der Waals surface area contributed by atoms with Crippen molar-refractivity contribution >= 4 is 13.7 Å². The molecule has 3 N–H and O–H groups in total. The molecule has 0 rings (SSSR count). The number of phosphoric acid groups is 1. The molecule has 3 atom stereocenters. The molecule has 0 spiro atoms. The lowest BCUT2D eigenvalue weighted by molar-refractivity contribution is -0.870. The molecule has 0 aromatic rings. The number of aliphatic hydroxyl groups is 1. The number of likely N-dealkylation sites (N-methyl/N-ethyl adjacent to an activating group) is 1. The van der Waals surface area contributed by atoms with Gasteiger partial charge in [0.1, 0.15) is 13.2 Å². The third-order valence-electron chi connectivity index (χ3n) is 11.8. The fourth-order valence-corrected chi connectivity index (χ4v) is 8.19. The van der Waals surface area contributed by atoms with Gasteiger partial charge in [0.15, 0.2) is 0 Å². The minimum absolute atomic E-state index is 0.0415. The van der Waals surface area contributed by atoms with Crippen molar-refractivity contribution in [2.24, 2.45) is 0 Å². The summed E-state index contributed by atoms with van der Waals surface area (Å²) in [5.74, 6) is -0.225. The van der Waals surface area contributed by atoms with Gasteiger partial charge < -0.3 is 19.8 Å². The summed E-state index contributed by atoms with van der Waals surface area (Å²) in [6.07, 6.45) is 70.9. The number of nitrogens with zero attached hydrogens (tertiary/aromatic N) is 1. The van der Waals surface area contributed by atoms with Crippen LogP contribution in [0.4, 0.5) is 0 Å². The largest absolute Gasteiger partial charge is 0.472 e. The van der Waals surface area contributed by atoms with Crippen LogP contribution in [0.15, 0.2) is 97.2 Å². The van der Waals surface area contributed by atoms with Crippen molar-refractivity contribution in [3.05, 3.63) is 97.2 Å². The lowest BCUT2D eigenvalue weighted by Gasteiger charge is -2.25. The molecule has 0 aliphatic rings. The molecule has 0 aliphatic carbocycles. The Kier molecular flexibility index (Phi) is 47.5. The zero-order valence-electron chi connectivity index (χ0n) is 44.6. The van der Waals surface area contributed by atoms with Crippen LogP contribution in [0.1, 0.15) is 219 Å². The monoisotopic (exact) mass is 970 g/mol. The first-order valence-electron chi connectivity index (χ1n) is 27.6. The van der Waals surface area contributed by atoms with Crippen LogP contribution in [-0.4, -0.2) is 73.4 Å². The first kappa shape index (κ1) is 65.4. The van der Waals surface area contributed by atoms with Crippen molar-refractivity contribution in [2.75, 3.05) is 40.9 Å². The number of phosphoric ester groups is 1. The van der Waals surface area contributed by atoms with Gasteiger partial charge in [-0.1, -0.05) is 220 Å². The van der Waals surface area contributed by atoms with Crippen LogP contribution in [0, 0.1) is 0 Å². The summed E-state index contributed by atoms with van der Waals surface area (Å²) in [5.41, 5.74) is 0. The summed E-state index contributed by atoms with van der Waals surface area (Å²) in [6.45, 7) is 4.64. The molecule has 0 saturated carbocycles. The molecule has 0 heterocycles. The van der Waals surface area contributed by atoms with E-state index in [0.29, 0.717) is 23.9 Å². The van der Waals surface area contributed by atoms with Gasteiger partial charge in [-0.05, 0) is 89.9 Å². The Labute approximate surface area is 419 Å². The van der Waals surface area contributed by atoms with Crippen LogP contribution in [0.3, 0.4) is 0 Å². The predicted octanol–water partition coefficient (Wildman–Crippen LogP) is 16.6. The normalized spacial score (nSPS) is 14.8. The number of carbonyl (C=O) groups excluding carboxylic acids is 1. The highest BCUT2D eigenvalue weighted by Gasteiger charge is 2.27. The zero-order valence-corrected chi connectivity index (χ0v) is 45.5. The maximum Gasteiger partial charge on any atom is 0.472 e. The highest BCUT2D eigenvalue weighted by molar-refractivity contribution is 7.47. The molecule has 0 aliphatic heterocycles. The number of carbonyl (C=O) groups is 1. The van der Waals surface area contributed by atoms with Crippen LogP contribution in [0.25, 0.3) is 0 Å². The lowest BCUT2D eigenvalue weighted by atomic mass is 10.0. The molecule has 9 heteroatoms.